The van der Waals surface area contributed by atoms with E-state index < -0.39 is 0 Å². The Morgan fingerprint density at radius 1 is 1.24 bits per heavy atom. The van der Waals surface area contributed by atoms with Crippen LogP contribution in [0, 0.1) is 6.92 Å². The molecule has 1 aromatic carbocycles. The van der Waals surface area contributed by atoms with Crippen molar-refractivity contribution < 1.29 is 4.79 Å². The van der Waals surface area contributed by atoms with E-state index in [0.717, 1.165) is 12.1 Å². The molecule has 1 aromatic rings. The van der Waals surface area contributed by atoms with Gasteiger partial charge in [-0.2, -0.15) is 0 Å². The molecule has 1 rings (SSSR count). The lowest BCUT2D eigenvalue weighted by molar-refractivity contribution is -0.120. The number of amides is 1. The predicted molar refractivity (Wildman–Crippen MR) is 73.7 cm³/mol. The van der Waals surface area contributed by atoms with Crippen LogP contribution in [-0.2, 0) is 11.2 Å². The van der Waals surface area contributed by atoms with Gasteiger partial charge < -0.3 is 10.2 Å². The van der Waals surface area contributed by atoms with Crippen molar-refractivity contribution in [2.45, 2.75) is 13.3 Å². The number of hydrogen-bond acceptors (Lipinski definition) is 2. The molecule has 0 aliphatic rings. The highest BCUT2D eigenvalue weighted by Gasteiger charge is 2.02. The summed E-state index contributed by atoms with van der Waals surface area (Å²) >= 11 is 0. The SMILES string of the molecule is Cc1ccc(CC(=O)NCCN(C)C)cc1.Cl. The van der Waals surface area contributed by atoms with E-state index in [1.165, 1.54) is 5.56 Å². The maximum absolute atomic E-state index is 11.5. The fourth-order valence-corrected chi connectivity index (χ4v) is 1.37. The Balaban J connectivity index is 0.00000256. The van der Waals surface area contributed by atoms with Crippen molar-refractivity contribution in [2.75, 3.05) is 27.2 Å². The fraction of sp³-hybridized carbons (Fsp3) is 0.462. The summed E-state index contributed by atoms with van der Waals surface area (Å²) in [6.07, 6.45) is 0.466. The van der Waals surface area contributed by atoms with Gasteiger partial charge in [0.05, 0.1) is 6.42 Å². The lowest BCUT2D eigenvalue weighted by Gasteiger charge is -2.10. The highest BCUT2D eigenvalue weighted by molar-refractivity contribution is 5.85. The van der Waals surface area contributed by atoms with Crippen LogP contribution in [0.3, 0.4) is 0 Å². The average Bonchev–Trinajstić information content (AvgIpc) is 2.21. The number of likely N-dealkylation sites (N-methyl/N-ethyl adjacent to an activating group) is 1. The number of carbonyl (C=O) groups excluding carboxylic acids is 1. The van der Waals surface area contributed by atoms with Crippen LogP contribution >= 0.6 is 12.4 Å². The number of halogens is 1. The van der Waals surface area contributed by atoms with Crippen molar-refractivity contribution in [3.8, 4) is 0 Å². The Morgan fingerprint density at radius 3 is 2.35 bits per heavy atom. The molecule has 96 valence electrons. The van der Waals surface area contributed by atoms with Crippen LogP contribution in [0.5, 0.6) is 0 Å². The first-order valence-corrected chi connectivity index (χ1v) is 5.55. The van der Waals surface area contributed by atoms with Crippen LogP contribution in [0.2, 0.25) is 0 Å². The van der Waals surface area contributed by atoms with E-state index in [-0.39, 0.29) is 18.3 Å². The van der Waals surface area contributed by atoms with Crippen LogP contribution in [0.25, 0.3) is 0 Å². The Morgan fingerprint density at radius 2 is 1.82 bits per heavy atom. The van der Waals surface area contributed by atoms with Gasteiger partial charge in [0, 0.05) is 13.1 Å². The summed E-state index contributed by atoms with van der Waals surface area (Å²) in [6.45, 7) is 3.62. The Labute approximate surface area is 110 Å². The summed E-state index contributed by atoms with van der Waals surface area (Å²) in [4.78, 5) is 13.6. The first kappa shape index (κ1) is 15.9. The van der Waals surface area contributed by atoms with E-state index in [9.17, 15) is 4.79 Å². The molecule has 1 amide bonds. The van der Waals surface area contributed by atoms with E-state index in [1.807, 2.05) is 50.2 Å². The maximum Gasteiger partial charge on any atom is 0.224 e. The normalized spacial score (nSPS) is 9.88. The van der Waals surface area contributed by atoms with Gasteiger partial charge in [0.25, 0.3) is 0 Å². The zero-order chi connectivity index (χ0) is 12.0. The quantitative estimate of drug-likeness (QED) is 0.869. The molecule has 0 spiro atoms. The number of hydrogen-bond donors (Lipinski definition) is 1. The first-order valence-electron chi connectivity index (χ1n) is 5.55. The van der Waals surface area contributed by atoms with Gasteiger partial charge in [-0.1, -0.05) is 29.8 Å². The van der Waals surface area contributed by atoms with Crippen LogP contribution in [0.15, 0.2) is 24.3 Å². The van der Waals surface area contributed by atoms with Crippen LogP contribution in [-0.4, -0.2) is 38.0 Å². The third-order valence-corrected chi connectivity index (χ3v) is 2.37. The van der Waals surface area contributed by atoms with E-state index in [4.69, 9.17) is 0 Å². The molecule has 1 N–H and O–H groups in total. The Kier molecular flexibility index (Phi) is 7.59. The molecule has 4 heteroatoms. The smallest absolute Gasteiger partial charge is 0.224 e. The van der Waals surface area contributed by atoms with E-state index in [1.54, 1.807) is 0 Å². The van der Waals surface area contributed by atoms with E-state index >= 15 is 0 Å². The molecule has 0 radical (unpaired) electrons. The zero-order valence-corrected chi connectivity index (χ0v) is 11.5. The van der Waals surface area contributed by atoms with E-state index in [2.05, 4.69) is 5.32 Å². The minimum absolute atomic E-state index is 0. The predicted octanol–water partition coefficient (Wildman–Crippen LogP) is 1.64. The highest BCUT2D eigenvalue weighted by Crippen LogP contribution is 2.03. The van der Waals surface area contributed by atoms with Gasteiger partial charge in [0.15, 0.2) is 0 Å². The molecule has 0 heterocycles. The molecule has 0 aliphatic carbocycles. The summed E-state index contributed by atoms with van der Waals surface area (Å²) in [7, 11) is 3.98. The summed E-state index contributed by atoms with van der Waals surface area (Å²) < 4.78 is 0. The maximum atomic E-state index is 11.5. The van der Waals surface area contributed by atoms with Crippen LogP contribution < -0.4 is 5.32 Å². The molecule has 0 bridgehead atoms. The lowest BCUT2D eigenvalue weighted by Crippen LogP contribution is -2.32. The molecule has 0 unspecified atom stereocenters. The molecule has 0 saturated heterocycles. The average molecular weight is 257 g/mol. The van der Waals surface area contributed by atoms with Gasteiger partial charge in [-0.25, -0.2) is 0 Å². The third-order valence-electron chi connectivity index (χ3n) is 2.37. The third kappa shape index (κ3) is 6.97. The van der Waals surface area contributed by atoms with Crippen molar-refractivity contribution in [3.05, 3.63) is 35.4 Å². The van der Waals surface area contributed by atoms with Crippen molar-refractivity contribution in [1.82, 2.24) is 10.2 Å². The fourth-order valence-electron chi connectivity index (χ4n) is 1.37. The molecule has 0 fully saturated rings. The minimum Gasteiger partial charge on any atom is -0.355 e. The van der Waals surface area contributed by atoms with Gasteiger partial charge >= 0.3 is 0 Å². The second-order valence-electron chi connectivity index (χ2n) is 4.32. The molecule has 0 aliphatic heterocycles. The van der Waals surface area contributed by atoms with Crippen molar-refractivity contribution in [3.63, 3.8) is 0 Å². The number of nitrogens with zero attached hydrogens (tertiary/aromatic N) is 1. The van der Waals surface area contributed by atoms with Gasteiger partial charge in [-0.05, 0) is 26.6 Å². The number of aryl methyl sites for hydroxylation is 1. The summed E-state index contributed by atoms with van der Waals surface area (Å²) in [5.41, 5.74) is 2.28. The standard InChI is InChI=1S/C13H20N2O.ClH/c1-11-4-6-12(7-5-11)10-13(16)14-8-9-15(2)3;/h4-7H,8-10H2,1-3H3,(H,14,16);1H. The highest BCUT2D eigenvalue weighted by atomic mass is 35.5. The second-order valence-corrected chi connectivity index (χ2v) is 4.32. The molecule has 0 atom stereocenters. The largest absolute Gasteiger partial charge is 0.355 e. The van der Waals surface area contributed by atoms with Gasteiger partial charge in [-0.3, -0.25) is 4.79 Å². The number of nitrogens with one attached hydrogen (secondary N) is 1. The summed E-state index contributed by atoms with van der Waals surface area (Å²) in [5, 5.41) is 2.90. The van der Waals surface area contributed by atoms with Gasteiger partial charge in [0.2, 0.25) is 5.91 Å². The Hall–Kier alpha value is -1.06. The van der Waals surface area contributed by atoms with E-state index in [0.29, 0.717) is 13.0 Å². The molecule has 0 saturated carbocycles. The topological polar surface area (TPSA) is 32.3 Å². The molecule has 0 aromatic heterocycles. The molecular weight excluding hydrogens is 236 g/mol. The van der Waals surface area contributed by atoms with Crippen LogP contribution in [0.1, 0.15) is 11.1 Å². The first-order chi connectivity index (χ1) is 7.58. The van der Waals surface area contributed by atoms with Crippen molar-refractivity contribution >= 4 is 18.3 Å². The minimum atomic E-state index is 0. The van der Waals surface area contributed by atoms with Crippen molar-refractivity contribution in [2.24, 2.45) is 0 Å². The Bertz CT molecular complexity index is 336. The monoisotopic (exact) mass is 256 g/mol. The van der Waals surface area contributed by atoms with Crippen LogP contribution in [0.4, 0.5) is 0 Å². The molecule has 3 nitrogen and oxygen atoms in total. The molecular formula is C13H21ClN2O. The zero-order valence-electron chi connectivity index (χ0n) is 10.7. The van der Waals surface area contributed by atoms with Crippen molar-refractivity contribution in [1.29, 1.82) is 0 Å². The summed E-state index contributed by atoms with van der Waals surface area (Å²) in [6, 6.07) is 8.06. The number of carbonyl (C=O) groups is 1. The van der Waals surface area contributed by atoms with Gasteiger partial charge in [-0.15, -0.1) is 12.4 Å². The van der Waals surface area contributed by atoms with Gasteiger partial charge in [0.1, 0.15) is 0 Å². The second kappa shape index (κ2) is 8.09. The molecule has 17 heavy (non-hydrogen) atoms. The number of benzene rings is 1. The lowest BCUT2D eigenvalue weighted by atomic mass is 10.1. The summed E-state index contributed by atoms with van der Waals surface area (Å²) in [5.74, 6) is 0.0886. The number of rotatable bonds is 5.